The van der Waals surface area contributed by atoms with Gasteiger partial charge in [0.15, 0.2) is 0 Å². The maximum atomic E-state index is 10.8. The van der Waals surface area contributed by atoms with E-state index >= 15 is 0 Å². The molecule has 0 aliphatic carbocycles. The number of carbonyl (C=O) groups excluding carboxylic acids is 1. The Bertz CT molecular complexity index is 871. The van der Waals surface area contributed by atoms with Gasteiger partial charge in [0.2, 0.25) is 0 Å². The number of nitrogens with zero attached hydrogens (tertiary/aromatic N) is 1. The van der Waals surface area contributed by atoms with Gasteiger partial charge < -0.3 is 19.1 Å². The standard InChI is InChI=1S/C19H42N.C14H14O3/c1-5-6-7-8-9-10-11-12-13-14-15-16-17-18-19-20(2,3)4;1-9(14(15)16)10-3-4-12-8-13(17-2)6-5-11(12)7-10/h5-19H2,1-4H3;3-9H,1-2H3,(H,15,16)/q+1;/p-1/t;9-/m.0/s1. The van der Waals surface area contributed by atoms with Gasteiger partial charge in [0, 0.05) is 11.9 Å². The van der Waals surface area contributed by atoms with Gasteiger partial charge in [-0.2, -0.15) is 0 Å². The van der Waals surface area contributed by atoms with Gasteiger partial charge in [-0.05, 0) is 41.3 Å². The molecule has 0 spiro atoms. The van der Waals surface area contributed by atoms with Crippen molar-refractivity contribution >= 4 is 16.7 Å². The fourth-order valence-electron chi connectivity index (χ4n) is 4.56. The van der Waals surface area contributed by atoms with Gasteiger partial charge in [-0.3, -0.25) is 0 Å². The lowest BCUT2D eigenvalue weighted by molar-refractivity contribution is -0.870. The van der Waals surface area contributed by atoms with E-state index in [4.69, 9.17) is 4.74 Å². The summed E-state index contributed by atoms with van der Waals surface area (Å²) in [5.74, 6) is -0.863. The van der Waals surface area contributed by atoms with Crippen LogP contribution in [0.25, 0.3) is 10.8 Å². The second-order valence-electron chi connectivity index (χ2n) is 11.6. The lowest BCUT2D eigenvalue weighted by Gasteiger charge is -2.23. The molecule has 2 aromatic carbocycles. The van der Waals surface area contributed by atoms with E-state index in [0.717, 1.165) is 26.6 Å². The van der Waals surface area contributed by atoms with Crippen LogP contribution < -0.4 is 9.84 Å². The fourth-order valence-corrected chi connectivity index (χ4v) is 4.56. The maximum Gasteiger partial charge on any atom is 0.119 e. The molecule has 4 heteroatoms. The summed E-state index contributed by atoms with van der Waals surface area (Å²) in [5, 5.41) is 12.8. The van der Waals surface area contributed by atoms with Gasteiger partial charge >= 0.3 is 0 Å². The maximum absolute atomic E-state index is 10.8. The Morgan fingerprint density at radius 2 is 1.22 bits per heavy atom. The van der Waals surface area contributed by atoms with Gasteiger partial charge in [0.05, 0.1) is 34.8 Å². The highest BCUT2D eigenvalue weighted by molar-refractivity contribution is 5.86. The van der Waals surface area contributed by atoms with E-state index in [1.165, 1.54) is 96.4 Å². The summed E-state index contributed by atoms with van der Waals surface area (Å²) >= 11 is 0. The summed E-state index contributed by atoms with van der Waals surface area (Å²) in [6.07, 6.45) is 20.4. The highest BCUT2D eigenvalue weighted by Crippen LogP contribution is 2.25. The molecule has 210 valence electrons. The van der Waals surface area contributed by atoms with Crippen molar-refractivity contribution < 1.29 is 19.1 Å². The topological polar surface area (TPSA) is 49.4 Å². The minimum absolute atomic E-state index is 0.596. The zero-order valence-corrected chi connectivity index (χ0v) is 24.8. The van der Waals surface area contributed by atoms with E-state index in [1.54, 1.807) is 14.0 Å². The zero-order chi connectivity index (χ0) is 27.5. The molecule has 0 aliphatic heterocycles. The van der Waals surface area contributed by atoms with Crippen molar-refractivity contribution in [1.82, 2.24) is 0 Å². The van der Waals surface area contributed by atoms with Crippen LogP contribution >= 0.6 is 0 Å². The highest BCUT2D eigenvalue weighted by atomic mass is 16.5. The fraction of sp³-hybridized carbons (Fsp3) is 0.667. The third-order valence-electron chi connectivity index (χ3n) is 7.11. The summed E-state index contributed by atoms with van der Waals surface area (Å²) in [5.41, 5.74) is 0.752. The van der Waals surface area contributed by atoms with E-state index in [1.807, 2.05) is 36.4 Å². The number of unbranched alkanes of at least 4 members (excludes halogenated alkanes) is 13. The first kappa shape index (κ1) is 33.0. The SMILES string of the molecule is CCCCCCCCCCCCCCCC[N+](C)(C)C.COc1ccc2cc([C@H](C)C(=O)[O-])ccc2c1. The molecule has 0 aliphatic rings. The summed E-state index contributed by atoms with van der Waals surface area (Å²) in [7, 11) is 8.50. The van der Waals surface area contributed by atoms with Crippen molar-refractivity contribution in [3.8, 4) is 5.75 Å². The van der Waals surface area contributed by atoms with Crippen LogP contribution in [-0.2, 0) is 4.79 Å². The number of fused-ring (bicyclic) bond motifs is 1. The number of carbonyl (C=O) groups is 1. The average Bonchev–Trinajstić information content (AvgIpc) is 2.87. The first-order valence-electron chi connectivity index (χ1n) is 14.8. The number of aliphatic carboxylic acids is 1. The largest absolute Gasteiger partial charge is 0.550 e. The van der Waals surface area contributed by atoms with Crippen LogP contribution in [-0.4, -0.2) is 45.2 Å². The zero-order valence-electron chi connectivity index (χ0n) is 24.8. The summed E-state index contributed by atoms with van der Waals surface area (Å²) < 4.78 is 6.26. The van der Waals surface area contributed by atoms with Crippen LogP contribution in [0.4, 0.5) is 0 Å². The van der Waals surface area contributed by atoms with Crippen LogP contribution in [0.3, 0.4) is 0 Å². The average molecular weight is 514 g/mol. The Morgan fingerprint density at radius 3 is 1.68 bits per heavy atom. The monoisotopic (exact) mass is 513 g/mol. The number of carboxylic acid groups (broad SMARTS) is 1. The first-order chi connectivity index (χ1) is 17.7. The molecule has 0 unspecified atom stereocenters. The molecule has 0 fully saturated rings. The minimum atomic E-state index is -1.06. The third-order valence-corrected chi connectivity index (χ3v) is 7.11. The van der Waals surface area contributed by atoms with E-state index in [-0.39, 0.29) is 0 Å². The van der Waals surface area contributed by atoms with Crippen LogP contribution in [0.15, 0.2) is 36.4 Å². The predicted molar refractivity (Wildman–Crippen MR) is 157 cm³/mol. The predicted octanol–water partition coefficient (Wildman–Crippen LogP) is 7.88. The summed E-state index contributed by atoms with van der Waals surface area (Å²) in [4.78, 5) is 10.8. The Labute approximate surface area is 228 Å². The number of rotatable bonds is 18. The molecule has 1 atom stereocenters. The first-order valence-corrected chi connectivity index (χ1v) is 14.8. The van der Waals surface area contributed by atoms with Gasteiger partial charge in [-0.15, -0.1) is 0 Å². The smallest absolute Gasteiger partial charge is 0.119 e. The Morgan fingerprint density at radius 1 is 0.757 bits per heavy atom. The number of methoxy groups -OCH3 is 1. The van der Waals surface area contributed by atoms with E-state index < -0.39 is 11.9 Å². The molecule has 2 aromatic rings. The molecule has 0 N–H and O–H groups in total. The molecule has 0 bridgehead atoms. The lowest BCUT2D eigenvalue weighted by atomic mass is 9.98. The molecule has 37 heavy (non-hydrogen) atoms. The Kier molecular flexibility index (Phi) is 17.0. The van der Waals surface area contributed by atoms with Crippen LogP contribution in [0.1, 0.15) is 115 Å². The van der Waals surface area contributed by atoms with E-state index in [9.17, 15) is 9.90 Å². The highest BCUT2D eigenvalue weighted by Gasteiger charge is 2.07. The van der Waals surface area contributed by atoms with Gasteiger partial charge in [-0.1, -0.05) is 115 Å². The Balaban J connectivity index is 0.000000373. The van der Waals surface area contributed by atoms with Gasteiger partial charge in [0.25, 0.3) is 0 Å². The molecule has 2 rings (SSSR count). The number of benzene rings is 2. The van der Waals surface area contributed by atoms with Crippen molar-refractivity contribution in [3.63, 3.8) is 0 Å². The number of hydrogen-bond donors (Lipinski definition) is 0. The van der Waals surface area contributed by atoms with Crippen LogP contribution in [0.5, 0.6) is 5.75 Å². The van der Waals surface area contributed by atoms with E-state index in [0.29, 0.717) is 0 Å². The molecule has 0 amide bonds. The van der Waals surface area contributed by atoms with Gasteiger partial charge in [-0.25, -0.2) is 0 Å². The molecule has 0 saturated carbocycles. The van der Waals surface area contributed by atoms with Crippen LogP contribution in [0.2, 0.25) is 0 Å². The summed E-state index contributed by atoms with van der Waals surface area (Å²) in [6.45, 7) is 5.25. The Hall–Kier alpha value is -2.07. The quantitative estimate of drug-likeness (QED) is 0.150. The second kappa shape index (κ2) is 19.1. The number of carboxylic acids is 1. The van der Waals surface area contributed by atoms with Crippen molar-refractivity contribution in [1.29, 1.82) is 0 Å². The molecule has 0 aromatic heterocycles. The van der Waals surface area contributed by atoms with Crippen LogP contribution in [0, 0.1) is 0 Å². The molecular weight excluding hydrogens is 458 g/mol. The molecule has 0 saturated heterocycles. The summed E-state index contributed by atoms with van der Waals surface area (Å²) in [6, 6.07) is 11.3. The number of hydrogen-bond acceptors (Lipinski definition) is 3. The number of ether oxygens (including phenoxy) is 1. The van der Waals surface area contributed by atoms with Crippen molar-refractivity contribution in [2.24, 2.45) is 0 Å². The lowest BCUT2D eigenvalue weighted by Crippen LogP contribution is -2.35. The van der Waals surface area contributed by atoms with Crippen molar-refractivity contribution in [2.45, 2.75) is 110 Å². The third kappa shape index (κ3) is 15.7. The normalized spacial score (nSPS) is 12.2. The van der Waals surface area contributed by atoms with Crippen molar-refractivity contribution in [3.05, 3.63) is 42.0 Å². The number of quaternary nitrogens is 1. The van der Waals surface area contributed by atoms with E-state index in [2.05, 4.69) is 28.1 Å². The molecular formula is C33H55NO3. The second-order valence-corrected chi connectivity index (χ2v) is 11.6. The van der Waals surface area contributed by atoms with Crippen molar-refractivity contribution in [2.75, 3.05) is 34.8 Å². The molecule has 4 nitrogen and oxygen atoms in total. The minimum Gasteiger partial charge on any atom is -0.550 e. The van der Waals surface area contributed by atoms with Gasteiger partial charge in [0.1, 0.15) is 5.75 Å². The molecule has 0 heterocycles. The molecule has 0 radical (unpaired) electrons.